The number of esters is 1. The molecule has 0 fully saturated rings. The molecule has 5 nitrogen and oxygen atoms in total. The Bertz CT molecular complexity index is 984. The van der Waals surface area contributed by atoms with Gasteiger partial charge in [-0.2, -0.15) is 13.2 Å². The topological polar surface area (TPSA) is 60.5 Å². The molecule has 2 heterocycles. The van der Waals surface area contributed by atoms with E-state index in [4.69, 9.17) is 9.47 Å². The molecule has 0 unspecified atom stereocenters. The molecule has 1 aromatic carbocycles. The summed E-state index contributed by atoms with van der Waals surface area (Å²) in [5.74, 6) is -1.57. The van der Waals surface area contributed by atoms with E-state index in [1.807, 2.05) is 0 Å². The van der Waals surface area contributed by atoms with Crippen molar-refractivity contribution in [2.45, 2.75) is 45.9 Å². The van der Waals surface area contributed by atoms with Gasteiger partial charge in [0.25, 0.3) is 0 Å². The number of pyridine rings is 1. The second kappa shape index (κ2) is 8.38. The highest BCUT2D eigenvalue weighted by atomic mass is 19.4. The minimum Gasteiger partial charge on any atom is -0.475 e. The van der Waals surface area contributed by atoms with Gasteiger partial charge in [-0.15, -0.1) is 0 Å². The summed E-state index contributed by atoms with van der Waals surface area (Å²) in [6.45, 7) is 6.97. The van der Waals surface area contributed by atoms with Crippen molar-refractivity contribution in [3.8, 4) is 5.88 Å². The van der Waals surface area contributed by atoms with Crippen molar-refractivity contribution >= 4 is 11.7 Å². The van der Waals surface area contributed by atoms with Crippen molar-refractivity contribution in [2.75, 3.05) is 11.9 Å². The van der Waals surface area contributed by atoms with Crippen LogP contribution in [0.2, 0.25) is 0 Å². The van der Waals surface area contributed by atoms with E-state index in [-0.39, 0.29) is 29.7 Å². The minimum absolute atomic E-state index is 0.0586. The second-order valence-electron chi connectivity index (χ2n) is 7.15. The number of nitrogens with one attached hydrogen (secondary N) is 1. The van der Waals surface area contributed by atoms with Gasteiger partial charge in [-0.3, -0.25) is 0 Å². The van der Waals surface area contributed by atoms with Crippen molar-refractivity contribution in [3.63, 3.8) is 0 Å². The van der Waals surface area contributed by atoms with Crippen LogP contribution in [0.1, 0.15) is 50.3 Å². The fourth-order valence-electron chi connectivity index (χ4n) is 3.59. The Labute approximate surface area is 172 Å². The first-order valence-corrected chi connectivity index (χ1v) is 9.61. The van der Waals surface area contributed by atoms with Crippen molar-refractivity contribution < 1.29 is 27.4 Å². The zero-order valence-electron chi connectivity index (χ0n) is 17.1. The number of anilines is 1. The lowest BCUT2D eigenvalue weighted by atomic mass is 9.79. The number of halogens is 3. The smallest absolute Gasteiger partial charge is 0.416 e. The first-order chi connectivity index (χ1) is 14.1. The summed E-state index contributed by atoms with van der Waals surface area (Å²) >= 11 is 0. The molecule has 8 heteroatoms. The molecule has 1 aliphatic heterocycles. The Hall–Kier alpha value is -3.03. The maximum absolute atomic E-state index is 13.9. The number of ether oxygens (including phenoxy) is 2. The molecule has 1 aliphatic rings. The minimum atomic E-state index is -4.60. The summed E-state index contributed by atoms with van der Waals surface area (Å²) in [5, 5.41) is 3.10. The maximum Gasteiger partial charge on any atom is 0.416 e. The molecule has 0 saturated carbocycles. The quantitative estimate of drug-likeness (QED) is 0.667. The van der Waals surface area contributed by atoms with Crippen molar-refractivity contribution in [1.29, 1.82) is 0 Å². The van der Waals surface area contributed by atoms with E-state index in [0.29, 0.717) is 16.9 Å². The number of carbonyl (C=O) groups excluding carboxylic acids is 1. The Balaban J connectivity index is 2.33. The third-order valence-electron chi connectivity index (χ3n) is 4.68. The summed E-state index contributed by atoms with van der Waals surface area (Å²) in [5.41, 5.74) is 0.547. The lowest BCUT2D eigenvalue weighted by Gasteiger charge is -2.32. The van der Waals surface area contributed by atoms with Gasteiger partial charge in [0, 0.05) is 23.1 Å². The van der Waals surface area contributed by atoms with Gasteiger partial charge in [0.05, 0.1) is 29.8 Å². The largest absolute Gasteiger partial charge is 0.475 e. The van der Waals surface area contributed by atoms with Crippen LogP contribution in [0.25, 0.3) is 0 Å². The molecule has 0 radical (unpaired) electrons. The molecule has 3 rings (SSSR count). The van der Waals surface area contributed by atoms with Gasteiger partial charge >= 0.3 is 12.1 Å². The van der Waals surface area contributed by atoms with Crippen molar-refractivity contribution in [2.24, 2.45) is 0 Å². The van der Waals surface area contributed by atoms with E-state index in [9.17, 15) is 18.0 Å². The highest BCUT2D eigenvalue weighted by Gasteiger charge is 2.42. The first kappa shape index (κ1) is 21.7. The number of rotatable bonds is 5. The van der Waals surface area contributed by atoms with E-state index in [2.05, 4.69) is 10.3 Å². The third-order valence-corrected chi connectivity index (χ3v) is 4.68. The highest BCUT2D eigenvalue weighted by Crippen LogP contribution is 2.48. The van der Waals surface area contributed by atoms with Crippen LogP contribution in [-0.4, -0.2) is 23.7 Å². The van der Waals surface area contributed by atoms with Crippen LogP contribution >= 0.6 is 0 Å². The molecule has 30 heavy (non-hydrogen) atoms. The Morgan fingerprint density at radius 2 is 1.93 bits per heavy atom. The van der Waals surface area contributed by atoms with Crippen molar-refractivity contribution in [1.82, 2.24) is 4.98 Å². The van der Waals surface area contributed by atoms with Crippen LogP contribution in [0.4, 0.5) is 18.9 Å². The van der Waals surface area contributed by atoms with Gasteiger partial charge in [0.2, 0.25) is 5.88 Å². The van der Waals surface area contributed by atoms with Gasteiger partial charge in [-0.05, 0) is 45.4 Å². The fourth-order valence-corrected chi connectivity index (χ4v) is 3.59. The molecule has 1 atom stereocenters. The number of alkyl halides is 3. The molecule has 1 N–H and O–H groups in total. The summed E-state index contributed by atoms with van der Waals surface area (Å²) < 4.78 is 52.6. The molecule has 160 valence electrons. The fraction of sp³-hybridized carbons (Fsp3) is 0.364. The number of fused-ring (bicyclic) bond motifs is 1. The average molecular weight is 420 g/mol. The van der Waals surface area contributed by atoms with Crippen molar-refractivity contribution in [3.05, 3.63) is 64.5 Å². The zero-order chi connectivity index (χ0) is 22.1. The summed E-state index contributed by atoms with van der Waals surface area (Å²) in [4.78, 5) is 17.1. The van der Waals surface area contributed by atoms with Gasteiger partial charge < -0.3 is 14.8 Å². The molecule has 0 spiro atoms. The lowest BCUT2D eigenvalue weighted by molar-refractivity contribution is -0.140. The van der Waals surface area contributed by atoms with Gasteiger partial charge in [0.15, 0.2) is 0 Å². The van der Waals surface area contributed by atoms with E-state index >= 15 is 0 Å². The maximum atomic E-state index is 13.9. The number of allylic oxidation sites excluding steroid dienone is 1. The molecular formula is C22H23F3N2O3. The van der Waals surface area contributed by atoms with Crippen LogP contribution in [0.15, 0.2) is 47.8 Å². The zero-order valence-corrected chi connectivity index (χ0v) is 17.1. The Morgan fingerprint density at radius 3 is 2.57 bits per heavy atom. The Morgan fingerprint density at radius 1 is 1.23 bits per heavy atom. The number of benzene rings is 1. The van der Waals surface area contributed by atoms with Crippen LogP contribution in [0, 0.1) is 0 Å². The van der Waals surface area contributed by atoms with E-state index in [1.165, 1.54) is 24.4 Å². The number of carbonyl (C=O) groups is 1. The molecule has 2 aromatic rings. The monoisotopic (exact) mass is 420 g/mol. The van der Waals surface area contributed by atoms with Gasteiger partial charge in [0.1, 0.15) is 0 Å². The average Bonchev–Trinajstić information content (AvgIpc) is 2.66. The van der Waals surface area contributed by atoms with E-state index < -0.39 is 23.6 Å². The molecular weight excluding hydrogens is 397 g/mol. The number of hydrogen-bond donors (Lipinski definition) is 1. The first-order valence-electron chi connectivity index (χ1n) is 9.61. The standard InChI is InChI=1S/C22H23F3N2O3/c1-5-29-21(28)17-13(4)27-16-10-11-26-20(30-12(2)3)19(16)18(17)14-8-6-7-9-15(14)22(23,24)25/h6-12,18,27H,5H2,1-4H3/t18-/m0/s1. The SMILES string of the molecule is CCOC(=O)C1=C(C)Nc2ccnc(OC(C)C)c2[C@H]1c1ccccc1C(F)(F)F. The van der Waals surface area contributed by atoms with Gasteiger partial charge in [-0.25, -0.2) is 9.78 Å². The van der Waals surface area contributed by atoms with E-state index in [1.54, 1.807) is 33.8 Å². The molecule has 0 bridgehead atoms. The number of hydrogen-bond acceptors (Lipinski definition) is 5. The van der Waals surface area contributed by atoms with E-state index in [0.717, 1.165) is 6.07 Å². The normalized spacial score (nSPS) is 16.2. The molecule has 0 aliphatic carbocycles. The second-order valence-corrected chi connectivity index (χ2v) is 7.15. The highest BCUT2D eigenvalue weighted by molar-refractivity contribution is 5.95. The molecule has 0 saturated heterocycles. The summed E-state index contributed by atoms with van der Waals surface area (Å²) in [6, 6.07) is 6.88. The lowest BCUT2D eigenvalue weighted by Crippen LogP contribution is -2.27. The summed E-state index contributed by atoms with van der Waals surface area (Å²) in [7, 11) is 0. The van der Waals surface area contributed by atoms with Crippen LogP contribution in [0.3, 0.4) is 0 Å². The van der Waals surface area contributed by atoms with Gasteiger partial charge in [-0.1, -0.05) is 18.2 Å². The summed E-state index contributed by atoms with van der Waals surface area (Å²) in [6.07, 6.45) is -3.35. The predicted molar refractivity (Wildman–Crippen MR) is 106 cm³/mol. The van der Waals surface area contributed by atoms with Crippen LogP contribution < -0.4 is 10.1 Å². The van der Waals surface area contributed by atoms with Crippen LogP contribution in [-0.2, 0) is 15.7 Å². The molecule has 0 amide bonds. The van der Waals surface area contributed by atoms with Crippen LogP contribution in [0.5, 0.6) is 5.88 Å². The number of nitrogens with zero attached hydrogens (tertiary/aromatic N) is 1. The Kier molecular flexibility index (Phi) is 6.05. The number of aromatic nitrogens is 1. The molecule has 1 aromatic heterocycles. The third kappa shape index (κ3) is 4.13. The predicted octanol–water partition coefficient (Wildman–Crippen LogP) is 5.28.